The van der Waals surface area contributed by atoms with E-state index in [1.165, 1.54) is 0 Å². The van der Waals surface area contributed by atoms with E-state index >= 15 is 0 Å². The standard InChI is InChI=1S/C24H24N2O2/c1-18-10-9-15-22(19(18)2)25-23(27)16-24(28)26(21-13-7-4-8-14-21)17-20-11-5-3-6-12-20/h3-15H,16-17H2,1-2H3,(H,25,27). The monoisotopic (exact) mass is 372 g/mol. The second-order valence-electron chi connectivity index (χ2n) is 6.77. The highest BCUT2D eigenvalue weighted by Gasteiger charge is 2.20. The van der Waals surface area contributed by atoms with Gasteiger partial charge in [0.25, 0.3) is 0 Å². The van der Waals surface area contributed by atoms with E-state index in [4.69, 9.17) is 0 Å². The van der Waals surface area contributed by atoms with Crippen molar-refractivity contribution in [3.05, 3.63) is 95.6 Å². The Morgan fingerprint density at radius 1 is 0.821 bits per heavy atom. The highest BCUT2D eigenvalue weighted by Crippen LogP contribution is 2.20. The van der Waals surface area contributed by atoms with Gasteiger partial charge < -0.3 is 10.2 Å². The van der Waals surface area contributed by atoms with Crippen LogP contribution in [0.3, 0.4) is 0 Å². The molecular weight excluding hydrogens is 348 g/mol. The number of rotatable bonds is 6. The van der Waals surface area contributed by atoms with Gasteiger partial charge in [-0.25, -0.2) is 0 Å². The van der Waals surface area contributed by atoms with Crippen LogP contribution in [0.25, 0.3) is 0 Å². The Bertz CT molecular complexity index is 953. The summed E-state index contributed by atoms with van der Waals surface area (Å²) in [5.74, 6) is -0.550. The summed E-state index contributed by atoms with van der Waals surface area (Å²) in [6.45, 7) is 4.37. The molecular formula is C24H24N2O2. The molecule has 0 saturated carbocycles. The fourth-order valence-corrected chi connectivity index (χ4v) is 3.01. The summed E-state index contributed by atoms with van der Waals surface area (Å²) in [7, 11) is 0. The third kappa shape index (κ3) is 4.86. The van der Waals surface area contributed by atoms with Crippen LogP contribution in [-0.4, -0.2) is 11.8 Å². The lowest BCUT2D eigenvalue weighted by molar-refractivity contribution is -0.125. The molecule has 0 bridgehead atoms. The van der Waals surface area contributed by atoms with Crippen molar-refractivity contribution in [2.24, 2.45) is 0 Å². The number of benzene rings is 3. The van der Waals surface area contributed by atoms with Crippen LogP contribution in [0.1, 0.15) is 23.1 Å². The molecule has 0 aliphatic carbocycles. The molecule has 0 saturated heterocycles. The van der Waals surface area contributed by atoms with Crippen molar-refractivity contribution in [3.63, 3.8) is 0 Å². The van der Waals surface area contributed by atoms with Gasteiger partial charge in [-0.05, 0) is 48.7 Å². The number of carbonyl (C=O) groups is 2. The number of carbonyl (C=O) groups excluding carboxylic acids is 2. The molecule has 0 heterocycles. The minimum atomic E-state index is -0.312. The zero-order chi connectivity index (χ0) is 19.9. The van der Waals surface area contributed by atoms with Crippen molar-refractivity contribution in [2.45, 2.75) is 26.8 Å². The summed E-state index contributed by atoms with van der Waals surface area (Å²) in [4.78, 5) is 27.1. The molecule has 0 radical (unpaired) electrons. The van der Waals surface area contributed by atoms with Gasteiger partial charge in [0.1, 0.15) is 6.42 Å². The molecule has 0 fully saturated rings. The first-order valence-electron chi connectivity index (χ1n) is 9.30. The van der Waals surface area contributed by atoms with Gasteiger partial charge in [0, 0.05) is 11.4 Å². The third-order valence-electron chi connectivity index (χ3n) is 4.74. The van der Waals surface area contributed by atoms with Crippen LogP contribution in [0.2, 0.25) is 0 Å². The lowest BCUT2D eigenvalue weighted by Gasteiger charge is -2.23. The van der Waals surface area contributed by atoms with Gasteiger partial charge >= 0.3 is 0 Å². The molecule has 4 heteroatoms. The highest BCUT2D eigenvalue weighted by atomic mass is 16.2. The molecule has 0 atom stereocenters. The van der Waals surface area contributed by atoms with Gasteiger partial charge in [-0.15, -0.1) is 0 Å². The first-order valence-corrected chi connectivity index (χ1v) is 9.30. The molecule has 0 spiro atoms. The van der Waals surface area contributed by atoms with Gasteiger partial charge in [-0.1, -0.05) is 60.7 Å². The summed E-state index contributed by atoms with van der Waals surface area (Å²) >= 11 is 0. The Morgan fingerprint density at radius 3 is 2.14 bits per heavy atom. The molecule has 28 heavy (non-hydrogen) atoms. The zero-order valence-corrected chi connectivity index (χ0v) is 16.2. The van der Waals surface area contributed by atoms with E-state index in [1.807, 2.05) is 92.7 Å². The maximum absolute atomic E-state index is 13.0. The number of hydrogen-bond acceptors (Lipinski definition) is 2. The summed E-state index contributed by atoms with van der Waals surface area (Å²) < 4.78 is 0. The van der Waals surface area contributed by atoms with Gasteiger partial charge in [-0.2, -0.15) is 0 Å². The molecule has 2 amide bonds. The second kappa shape index (κ2) is 9.00. The normalized spacial score (nSPS) is 10.4. The number of nitrogens with one attached hydrogen (secondary N) is 1. The topological polar surface area (TPSA) is 49.4 Å². The van der Waals surface area contributed by atoms with Crippen LogP contribution < -0.4 is 10.2 Å². The number of aryl methyl sites for hydroxylation is 1. The average Bonchev–Trinajstić information content (AvgIpc) is 2.71. The van der Waals surface area contributed by atoms with E-state index in [1.54, 1.807) is 4.90 Å². The van der Waals surface area contributed by atoms with Crippen molar-refractivity contribution in [1.82, 2.24) is 0 Å². The fourth-order valence-electron chi connectivity index (χ4n) is 3.01. The first-order chi connectivity index (χ1) is 13.5. The number of para-hydroxylation sites is 1. The minimum Gasteiger partial charge on any atom is -0.325 e. The maximum Gasteiger partial charge on any atom is 0.236 e. The molecule has 0 aromatic heterocycles. The van der Waals surface area contributed by atoms with E-state index in [2.05, 4.69) is 5.32 Å². The molecule has 3 rings (SSSR count). The van der Waals surface area contributed by atoms with Crippen LogP contribution in [-0.2, 0) is 16.1 Å². The fraction of sp³-hybridized carbons (Fsp3) is 0.167. The summed E-state index contributed by atoms with van der Waals surface area (Å²) in [5.41, 5.74) is 4.63. The van der Waals surface area contributed by atoms with E-state index in [9.17, 15) is 9.59 Å². The predicted octanol–water partition coefficient (Wildman–Crippen LogP) is 4.87. The van der Waals surface area contributed by atoms with Crippen molar-refractivity contribution in [2.75, 3.05) is 10.2 Å². The van der Waals surface area contributed by atoms with Crippen molar-refractivity contribution in [1.29, 1.82) is 0 Å². The lowest BCUT2D eigenvalue weighted by atomic mass is 10.1. The predicted molar refractivity (Wildman–Crippen MR) is 113 cm³/mol. The second-order valence-corrected chi connectivity index (χ2v) is 6.77. The largest absolute Gasteiger partial charge is 0.325 e. The summed E-state index contributed by atoms with van der Waals surface area (Å²) in [6, 6.07) is 24.9. The van der Waals surface area contributed by atoms with Crippen LogP contribution in [0.4, 0.5) is 11.4 Å². The first kappa shape index (κ1) is 19.4. The van der Waals surface area contributed by atoms with E-state index < -0.39 is 0 Å². The average molecular weight is 372 g/mol. The van der Waals surface area contributed by atoms with E-state index in [-0.39, 0.29) is 18.2 Å². The summed E-state index contributed by atoms with van der Waals surface area (Å²) in [6.07, 6.45) is -0.213. The molecule has 3 aromatic carbocycles. The Balaban J connectivity index is 1.75. The van der Waals surface area contributed by atoms with Gasteiger partial charge in [-0.3, -0.25) is 9.59 Å². The highest BCUT2D eigenvalue weighted by molar-refractivity contribution is 6.09. The SMILES string of the molecule is Cc1cccc(NC(=O)CC(=O)N(Cc2ccccc2)c2ccccc2)c1C. The molecule has 0 aliphatic rings. The number of nitrogens with zero attached hydrogens (tertiary/aromatic N) is 1. The zero-order valence-electron chi connectivity index (χ0n) is 16.2. The molecule has 0 unspecified atom stereocenters. The van der Waals surface area contributed by atoms with Crippen LogP contribution >= 0.6 is 0 Å². The lowest BCUT2D eigenvalue weighted by Crippen LogP contribution is -2.33. The molecule has 0 aliphatic heterocycles. The Morgan fingerprint density at radius 2 is 1.46 bits per heavy atom. The maximum atomic E-state index is 13.0. The summed E-state index contributed by atoms with van der Waals surface area (Å²) in [5, 5.41) is 2.87. The van der Waals surface area contributed by atoms with Crippen LogP contribution in [0.5, 0.6) is 0 Å². The molecule has 3 aromatic rings. The number of hydrogen-bond donors (Lipinski definition) is 1. The van der Waals surface area contributed by atoms with Crippen LogP contribution in [0, 0.1) is 13.8 Å². The number of anilines is 2. The van der Waals surface area contributed by atoms with Gasteiger partial charge in [0.15, 0.2) is 0 Å². The Labute approximate surface area is 165 Å². The van der Waals surface area contributed by atoms with Gasteiger partial charge in [0.2, 0.25) is 11.8 Å². The van der Waals surface area contributed by atoms with Gasteiger partial charge in [0.05, 0.1) is 6.54 Å². The van der Waals surface area contributed by atoms with E-state index in [0.29, 0.717) is 6.54 Å². The van der Waals surface area contributed by atoms with Crippen molar-refractivity contribution < 1.29 is 9.59 Å². The Hall–Kier alpha value is -3.40. The van der Waals surface area contributed by atoms with Crippen LogP contribution in [0.15, 0.2) is 78.9 Å². The van der Waals surface area contributed by atoms with Crippen molar-refractivity contribution in [3.8, 4) is 0 Å². The molecule has 142 valence electrons. The van der Waals surface area contributed by atoms with Crippen molar-refractivity contribution >= 4 is 23.2 Å². The third-order valence-corrected chi connectivity index (χ3v) is 4.74. The number of amides is 2. The molecule has 1 N–H and O–H groups in total. The van der Waals surface area contributed by atoms with E-state index in [0.717, 1.165) is 28.1 Å². The Kier molecular flexibility index (Phi) is 6.22. The minimum absolute atomic E-state index is 0.213. The smallest absolute Gasteiger partial charge is 0.236 e. The molecule has 4 nitrogen and oxygen atoms in total. The quantitative estimate of drug-likeness (QED) is 0.628.